The lowest BCUT2D eigenvalue weighted by molar-refractivity contribution is -0.153. The van der Waals surface area contributed by atoms with Gasteiger partial charge in [0.25, 0.3) is 0 Å². The molecule has 2 rings (SSSR count). The molecule has 1 aliphatic carbocycles. The van der Waals surface area contributed by atoms with Gasteiger partial charge >= 0.3 is 6.18 Å². The van der Waals surface area contributed by atoms with Gasteiger partial charge in [0.15, 0.2) is 0 Å². The summed E-state index contributed by atoms with van der Waals surface area (Å²) >= 11 is 0. The Hall–Kier alpha value is -1.07. The van der Waals surface area contributed by atoms with Crippen molar-refractivity contribution in [3.05, 3.63) is 35.9 Å². The lowest BCUT2D eigenvalue weighted by Gasteiger charge is -2.35. The Balaban J connectivity index is 2.15. The number of nitrogens with two attached hydrogens (primary N) is 1. The van der Waals surface area contributed by atoms with E-state index in [0.717, 1.165) is 18.4 Å². The third-order valence-corrected chi connectivity index (χ3v) is 3.82. The fraction of sp³-hybridized carbons (Fsp3) is 0.600. The third-order valence-electron chi connectivity index (χ3n) is 3.82. The summed E-state index contributed by atoms with van der Waals surface area (Å²) < 4.78 is 38.3. The standard InChI is InChI=1S/C15H21F3N2/c1-2-13(14(19)11-6-4-3-5-7-11)20(12-8-9-12)10-15(16,17)18/h3-7,12-14H,2,8-10,19H2,1H3. The fourth-order valence-corrected chi connectivity index (χ4v) is 2.72. The molecule has 0 aromatic heterocycles. The molecule has 0 bridgehead atoms. The third kappa shape index (κ3) is 3.96. The zero-order valence-electron chi connectivity index (χ0n) is 11.6. The van der Waals surface area contributed by atoms with Gasteiger partial charge in [0, 0.05) is 18.1 Å². The molecule has 1 aliphatic rings. The number of hydrogen-bond donors (Lipinski definition) is 1. The van der Waals surface area contributed by atoms with Gasteiger partial charge in [-0.25, -0.2) is 0 Å². The average molecular weight is 286 g/mol. The van der Waals surface area contributed by atoms with Gasteiger partial charge in [0.2, 0.25) is 0 Å². The second-order valence-corrected chi connectivity index (χ2v) is 5.43. The molecule has 2 N–H and O–H groups in total. The Kier molecular flexibility index (Phi) is 4.70. The van der Waals surface area contributed by atoms with Crippen molar-refractivity contribution < 1.29 is 13.2 Å². The van der Waals surface area contributed by atoms with Gasteiger partial charge in [-0.1, -0.05) is 37.3 Å². The van der Waals surface area contributed by atoms with Gasteiger partial charge in [0.1, 0.15) is 0 Å². The van der Waals surface area contributed by atoms with E-state index in [4.69, 9.17) is 5.73 Å². The zero-order chi connectivity index (χ0) is 14.8. The van der Waals surface area contributed by atoms with Gasteiger partial charge in [0.05, 0.1) is 6.54 Å². The molecule has 5 heteroatoms. The topological polar surface area (TPSA) is 29.3 Å². The number of benzene rings is 1. The van der Waals surface area contributed by atoms with E-state index < -0.39 is 12.7 Å². The summed E-state index contributed by atoms with van der Waals surface area (Å²) in [6.45, 7) is 1.04. The number of rotatable bonds is 6. The van der Waals surface area contributed by atoms with Crippen molar-refractivity contribution in [3.8, 4) is 0 Å². The monoisotopic (exact) mass is 286 g/mol. The van der Waals surface area contributed by atoms with Crippen molar-refractivity contribution in [2.24, 2.45) is 5.73 Å². The van der Waals surface area contributed by atoms with Crippen LogP contribution in [0.5, 0.6) is 0 Å². The summed E-state index contributed by atoms with van der Waals surface area (Å²) in [5.41, 5.74) is 7.12. The average Bonchev–Trinajstić information content (AvgIpc) is 3.22. The molecule has 2 atom stereocenters. The first-order valence-corrected chi connectivity index (χ1v) is 7.05. The molecule has 0 amide bonds. The molecule has 20 heavy (non-hydrogen) atoms. The largest absolute Gasteiger partial charge is 0.401 e. The van der Waals surface area contributed by atoms with E-state index >= 15 is 0 Å². The molecule has 1 fully saturated rings. The molecule has 1 aromatic carbocycles. The lowest BCUT2D eigenvalue weighted by atomic mass is 9.96. The van der Waals surface area contributed by atoms with Crippen LogP contribution in [-0.4, -0.2) is 29.7 Å². The Morgan fingerprint density at radius 1 is 1.25 bits per heavy atom. The maximum absolute atomic E-state index is 12.8. The van der Waals surface area contributed by atoms with Gasteiger partial charge in [-0.15, -0.1) is 0 Å². The highest BCUT2D eigenvalue weighted by molar-refractivity contribution is 5.20. The van der Waals surface area contributed by atoms with Crippen LogP contribution < -0.4 is 5.73 Å². The Bertz CT molecular complexity index is 415. The molecule has 0 radical (unpaired) electrons. The van der Waals surface area contributed by atoms with Crippen LogP contribution in [0.15, 0.2) is 30.3 Å². The molecule has 2 nitrogen and oxygen atoms in total. The maximum Gasteiger partial charge on any atom is 0.401 e. The smallest absolute Gasteiger partial charge is 0.323 e. The minimum Gasteiger partial charge on any atom is -0.323 e. The summed E-state index contributed by atoms with van der Waals surface area (Å²) in [6, 6.07) is 8.76. The highest BCUT2D eigenvalue weighted by Gasteiger charge is 2.42. The molecular formula is C15H21F3N2. The molecular weight excluding hydrogens is 265 g/mol. The van der Waals surface area contributed by atoms with Crippen LogP contribution in [-0.2, 0) is 0 Å². The summed E-state index contributed by atoms with van der Waals surface area (Å²) in [4.78, 5) is 1.55. The Morgan fingerprint density at radius 3 is 2.30 bits per heavy atom. The lowest BCUT2D eigenvalue weighted by Crippen LogP contribution is -2.48. The van der Waals surface area contributed by atoms with E-state index in [1.54, 1.807) is 4.90 Å². The fourth-order valence-electron chi connectivity index (χ4n) is 2.72. The van der Waals surface area contributed by atoms with E-state index in [2.05, 4.69) is 0 Å². The SMILES string of the molecule is CCC(C(N)c1ccccc1)N(CC(F)(F)F)C1CC1. The predicted molar refractivity (Wildman–Crippen MR) is 73.2 cm³/mol. The van der Waals surface area contributed by atoms with E-state index in [1.165, 1.54) is 0 Å². The van der Waals surface area contributed by atoms with E-state index in [9.17, 15) is 13.2 Å². The van der Waals surface area contributed by atoms with Crippen LogP contribution in [0, 0.1) is 0 Å². The number of halogens is 3. The molecule has 1 aromatic rings. The highest BCUT2D eigenvalue weighted by Crippen LogP contribution is 2.35. The van der Waals surface area contributed by atoms with Crippen LogP contribution in [0.2, 0.25) is 0 Å². The summed E-state index contributed by atoms with van der Waals surface area (Å²) in [6.07, 6.45) is -1.88. The van der Waals surface area contributed by atoms with E-state index in [0.29, 0.717) is 6.42 Å². The number of nitrogens with zero attached hydrogens (tertiary/aromatic N) is 1. The van der Waals surface area contributed by atoms with Crippen LogP contribution >= 0.6 is 0 Å². The molecule has 112 valence electrons. The first-order valence-electron chi connectivity index (χ1n) is 7.05. The van der Waals surface area contributed by atoms with Crippen molar-refractivity contribution >= 4 is 0 Å². The molecule has 1 saturated carbocycles. The normalized spacial score (nSPS) is 19.1. The van der Waals surface area contributed by atoms with Crippen LogP contribution in [0.1, 0.15) is 37.8 Å². The van der Waals surface area contributed by atoms with Crippen LogP contribution in [0.3, 0.4) is 0 Å². The highest BCUT2D eigenvalue weighted by atomic mass is 19.4. The molecule has 0 spiro atoms. The Labute approximate surface area is 117 Å². The Morgan fingerprint density at radius 2 is 1.85 bits per heavy atom. The zero-order valence-corrected chi connectivity index (χ0v) is 11.6. The first kappa shape index (κ1) is 15.3. The summed E-state index contributed by atoms with van der Waals surface area (Å²) in [5, 5.41) is 0. The second kappa shape index (κ2) is 6.14. The van der Waals surface area contributed by atoms with Crippen molar-refractivity contribution in [2.45, 2.75) is 50.5 Å². The second-order valence-electron chi connectivity index (χ2n) is 5.43. The molecule has 0 aliphatic heterocycles. The van der Waals surface area contributed by atoms with Crippen LogP contribution in [0.25, 0.3) is 0 Å². The van der Waals surface area contributed by atoms with Gasteiger partial charge < -0.3 is 5.73 Å². The van der Waals surface area contributed by atoms with Gasteiger partial charge in [-0.05, 0) is 24.8 Å². The molecule has 0 heterocycles. The van der Waals surface area contributed by atoms with Crippen molar-refractivity contribution in [1.82, 2.24) is 4.90 Å². The molecule has 0 saturated heterocycles. The quantitative estimate of drug-likeness (QED) is 0.867. The van der Waals surface area contributed by atoms with Gasteiger partial charge in [-0.3, -0.25) is 4.90 Å². The van der Waals surface area contributed by atoms with E-state index in [1.807, 2.05) is 37.3 Å². The van der Waals surface area contributed by atoms with Crippen molar-refractivity contribution in [2.75, 3.05) is 6.54 Å². The summed E-state index contributed by atoms with van der Waals surface area (Å²) in [7, 11) is 0. The van der Waals surface area contributed by atoms with Crippen LogP contribution in [0.4, 0.5) is 13.2 Å². The molecule has 2 unspecified atom stereocenters. The van der Waals surface area contributed by atoms with Crippen molar-refractivity contribution in [3.63, 3.8) is 0 Å². The number of alkyl halides is 3. The summed E-state index contributed by atoms with van der Waals surface area (Å²) in [5.74, 6) is 0. The first-order chi connectivity index (χ1) is 9.42. The number of hydrogen-bond acceptors (Lipinski definition) is 2. The predicted octanol–water partition coefficient (Wildman–Crippen LogP) is 3.49. The maximum atomic E-state index is 12.8. The van der Waals surface area contributed by atoms with Crippen molar-refractivity contribution in [1.29, 1.82) is 0 Å². The van der Waals surface area contributed by atoms with E-state index in [-0.39, 0.29) is 18.1 Å². The minimum atomic E-state index is -4.17. The van der Waals surface area contributed by atoms with Gasteiger partial charge in [-0.2, -0.15) is 13.2 Å². The minimum absolute atomic E-state index is 0.0383.